The molecule has 0 bridgehead atoms. The number of hydrogen-bond donors (Lipinski definition) is 1. The lowest BCUT2D eigenvalue weighted by Gasteiger charge is -2.22. The summed E-state index contributed by atoms with van der Waals surface area (Å²) in [6.07, 6.45) is 3.91. The minimum absolute atomic E-state index is 0.221. The van der Waals surface area contributed by atoms with E-state index in [0.717, 1.165) is 32.1 Å². The van der Waals surface area contributed by atoms with Crippen LogP contribution in [0.15, 0.2) is 22.7 Å². The summed E-state index contributed by atoms with van der Waals surface area (Å²) in [6, 6.07) is 4.71. The fourth-order valence-electron chi connectivity index (χ4n) is 2.13. The van der Waals surface area contributed by atoms with Gasteiger partial charge in [0.1, 0.15) is 6.10 Å². The zero-order valence-electron chi connectivity index (χ0n) is 9.53. The van der Waals surface area contributed by atoms with Crippen molar-refractivity contribution in [2.24, 2.45) is 0 Å². The van der Waals surface area contributed by atoms with Gasteiger partial charge >= 0.3 is 0 Å². The van der Waals surface area contributed by atoms with Gasteiger partial charge in [-0.05, 0) is 37.5 Å². The van der Waals surface area contributed by atoms with Gasteiger partial charge in [0.15, 0.2) is 11.6 Å². The van der Waals surface area contributed by atoms with E-state index in [1.54, 1.807) is 12.1 Å². The largest absolute Gasteiger partial charge is 0.485 e. The van der Waals surface area contributed by atoms with Gasteiger partial charge in [-0.3, -0.25) is 0 Å². The highest BCUT2D eigenvalue weighted by Gasteiger charge is 2.24. The monoisotopic (exact) mass is 302 g/mol. The number of ether oxygens (including phenoxy) is 1. The molecule has 0 radical (unpaired) electrons. The summed E-state index contributed by atoms with van der Waals surface area (Å²) in [5, 5.41) is 9.90. The van der Waals surface area contributed by atoms with Gasteiger partial charge in [-0.15, -0.1) is 0 Å². The van der Waals surface area contributed by atoms with Crippen molar-refractivity contribution in [2.45, 2.75) is 44.3 Å². The molecule has 94 valence electrons. The van der Waals surface area contributed by atoms with Crippen LogP contribution in [0.1, 0.15) is 32.1 Å². The zero-order valence-corrected chi connectivity index (χ0v) is 11.1. The van der Waals surface area contributed by atoms with Crippen molar-refractivity contribution >= 4 is 15.9 Å². The normalized spacial score (nSPS) is 25.4. The van der Waals surface area contributed by atoms with Crippen molar-refractivity contribution in [3.63, 3.8) is 0 Å². The van der Waals surface area contributed by atoms with Crippen molar-refractivity contribution in [3.05, 3.63) is 28.5 Å². The second-order valence-corrected chi connectivity index (χ2v) is 5.35. The number of aliphatic hydroxyl groups is 1. The average molecular weight is 303 g/mol. The third-order valence-corrected chi connectivity index (χ3v) is 3.58. The SMILES string of the molecule is OC1CCCCCC1Oc1ccc(Br)cc1F. The van der Waals surface area contributed by atoms with E-state index in [2.05, 4.69) is 15.9 Å². The van der Waals surface area contributed by atoms with E-state index in [9.17, 15) is 9.50 Å². The molecule has 2 unspecified atom stereocenters. The van der Waals surface area contributed by atoms with Gasteiger partial charge < -0.3 is 9.84 Å². The third kappa shape index (κ3) is 3.42. The van der Waals surface area contributed by atoms with Crippen molar-refractivity contribution in [2.75, 3.05) is 0 Å². The summed E-state index contributed by atoms with van der Waals surface area (Å²) < 4.78 is 19.9. The Hall–Kier alpha value is -0.610. The fraction of sp³-hybridized carbons (Fsp3) is 0.538. The highest BCUT2D eigenvalue weighted by molar-refractivity contribution is 9.10. The van der Waals surface area contributed by atoms with Crippen LogP contribution in [0.5, 0.6) is 5.75 Å². The topological polar surface area (TPSA) is 29.5 Å². The summed E-state index contributed by atoms with van der Waals surface area (Å²) in [6.45, 7) is 0. The number of benzene rings is 1. The van der Waals surface area contributed by atoms with Crippen LogP contribution in [-0.2, 0) is 0 Å². The Bertz CT molecular complexity index is 384. The Morgan fingerprint density at radius 1 is 1.24 bits per heavy atom. The van der Waals surface area contributed by atoms with E-state index in [4.69, 9.17) is 4.74 Å². The average Bonchev–Trinajstić information content (AvgIpc) is 2.48. The molecule has 4 heteroatoms. The lowest BCUT2D eigenvalue weighted by atomic mass is 10.1. The Morgan fingerprint density at radius 2 is 2.00 bits per heavy atom. The summed E-state index contributed by atoms with van der Waals surface area (Å²) in [4.78, 5) is 0. The Morgan fingerprint density at radius 3 is 2.76 bits per heavy atom. The lowest BCUT2D eigenvalue weighted by molar-refractivity contribution is 0.0298. The van der Waals surface area contributed by atoms with E-state index in [1.165, 1.54) is 6.07 Å². The Kier molecular flexibility index (Phi) is 4.40. The second kappa shape index (κ2) is 5.83. The Balaban J connectivity index is 2.08. The van der Waals surface area contributed by atoms with Crippen LogP contribution < -0.4 is 4.74 Å². The molecule has 1 N–H and O–H groups in total. The van der Waals surface area contributed by atoms with E-state index in [0.29, 0.717) is 4.47 Å². The van der Waals surface area contributed by atoms with Crippen LogP contribution in [0.4, 0.5) is 4.39 Å². The number of aliphatic hydroxyl groups excluding tert-OH is 1. The van der Waals surface area contributed by atoms with Gasteiger partial charge in [-0.2, -0.15) is 0 Å². The molecule has 1 fully saturated rings. The molecule has 0 saturated heterocycles. The van der Waals surface area contributed by atoms with Gasteiger partial charge in [0.2, 0.25) is 0 Å². The van der Waals surface area contributed by atoms with Crippen LogP contribution in [0.25, 0.3) is 0 Å². The van der Waals surface area contributed by atoms with Crippen molar-refractivity contribution < 1.29 is 14.2 Å². The molecular weight excluding hydrogens is 287 g/mol. The molecule has 1 aromatic rings. The first-order valence-electron chi connectivity index (χ1n) is 5.96. The number of halogens is 2. The van der Waals surface area contributed by atoms with Gasteiger partial charge in [-0.25, -0.2) is 4.39 Å². The molecule has 2 nitrogen and oxygen atoms in total. The first kappa shape index (κ1) is 12.8. The van der Waals surface area contributed by atoms with Crippen LogP contribution in [0, 0.1) is 5.82 Å². The molecule has 0 aliphatic heterocycles. The van der Waals surface area contributed by atoms with Crippen molar-refractivity contribution in [3.8, 4) is 5.75 Å². The maximum Gasteiger partial charge on any atom is 0.166 e. The molecule has 17 heavy (non-hydrogen) atoms. The summed E-state index contributed by atoms with van der Waals surface area (Å²) in [7, 11) is 0. The predicted molar refractivity (Wildman–Crippen MR) is 67.6 cm³/mol. The molecule has 1 aliphatic rings. The third-order valence-electron chi connectivity index (χ3n) is 3.09. The first-order chi connectivity index (χ1) is 8.16. The molecule has 0 amide bonds. The van der Waals surface area contributed by atoms with E-state index in [1.807, 2.05) is 0 Å². The molecule has 0 spiro atoms. The van der Waals surface area contributed by atoms with Gasteiger partial charge in [0, 0.05) is 4.47 Å². The van der Waals surface area contributed by atoms with Crippen LogP contribution >= 0.6 is 15.9 Å². The second-order valence-electron chi connectivity index (χ2n) is 4.44. The standard InChI is InChI=1S/C13H16BrFO2/c14-9-6-7-12(10(15)8-9)17-13-5-3-1-2-4-11(13)16/h6-8,11,13,16H,1-5H2. The molecule has 2 rings (SSSR count). The quantitative estimate of drug-likeness (QED) is 0.845. The van der Waals surface area contributed by atoms with Gasteiger partial charge in [0.05, 0.1) is 6.10 Å². The molecule has 1 aromatic carbocycles. The predicted octanol–water partition coefficient (Wildman–Crippen LogP) is 3.66. The summed E-state index contributed by atoms with van der Waals surface area (Å²) in [5.74, 6) is -0.171. The smallest absolute Gasteiger partial charge is 0.166 e. The van der Waals surface area contributed by atoms with E-state index in [-0.39, 0.29) is 11.9 Å². The van der Waals surface area contributed by atoms with Crippen LogP contribution in [0.2, 0.25) is 0 Å². The molecule has 1 aliphatic carbocycles. The summed E-state index contributed by atoms with van der Waals surface area (Å²) in [5.41, 5.74) is 0. The van der Waals surface area contributed by atoms with Crippen LogP contribution in [0.3, 0.4) is 0 Å². The highest BCUT2D eigenvalue weighted by Crippen LogP contribution is 2.26. The number of rotatable bonds is 2. The summed E-state index contributed by atoms with van der Waals surface area (Å²) >= 11 is 3.20. The van der Waals surface area contributed by atoms with E-state index >= 15 is 0 Å². The van der Waals surface area contributed by atoms with Crippen molar-refractivity contribution in [1.82, 2.24) is 0 Å². The molecule has 0 aromatic heterocycles. The minimum Gasteiger partial charge on any atom is -0.485 e. The van der Waals surface area contributed by atoms with Gasteiger partial charge in [-0.1, -0.05) is 28.8 Å². The maximum atomic E-state index is 13.6. The van der Waals surface area contributed by atoms with E-state index < -0.39 is 11.9 Å². The molecular formula is C13H16BrFO2. The zero-order chi connectivity index (χ0) is 12.3. The van der Waals surface area contributed by atoms with Crippen LogP contribution in [-0.4, -0.2) is 17.3 Å². The molecule has 0 heterocycles. The lowest BCUT2D eigenvalue weighted by Crippen LogP contribution is -2.30. The maximum absolute atomic E-state index is 13.6. The highest BCUT2D eigenvalue weighted by atomic mass is 79.9. The fourth-order valence-corrected chi connectivity index (χ4v) is 2.46. The first-order valence-corrected chi connectivity index (χ1v) is 6.76. The minimum atomic E-state index is -0.486. The van der Waals surface area contributed by atoms with Crippen molar-refractivity contribution in [1.29, 1.82) is 0 Å². The Labute approximate surface area is 109 Å². The number of hydrogen-bond acceptors (Lipinski definition) is 2. The van der Waals surface area contributed by atoms with Gasteiger partial charge in [0.25, 0.3) is 0 Å². The molecule has 1 saturated carbocycles. The molecule has 2 atom stereocenters.